The molecule has 0 spiro atoms. The van der Waals surface area contributed by atoms with Gasteiger partial charge in [-0.25, -0.2) is 16.8 Å². The van der Waals surface area contributed by atoms with Crippen molar-refractivity contribution in [2.24, 2.45) is 0 Å². The summed E-state index contributed by atoms with van der Waals surface area (Å²) in [5, 5.41) is 10.2. The van der Waals surface area contributed by atoms with E-state index in [0.717, 1.165) is 21.5 Å². The average molecular weight is 776 g/mol. The van der Waals surface area contributed by atoms with Crippen LogP contribution in [0.15, 0.2) is 143 Å². The molecule has 0 fully saturated rings. The van der Waals surface area contributed by atoms with Crippen LogP contribution >= 0.6 is 23.2 Å². The molecule has 52 heavy (non-hydrogen) atoms. The predicted molar refractivity (Wildman–Crippen MR) is 211 cm³/mol. The summed E-state index contributed by atoms with van der Waals surface area (Å²) in [6.45, 7) is 5.59. The highest BCUT2D eigenvalue weighted by atomic mass is 35.5. The van der Waals surface area contributed by atoms with Crippen molar-refractivity contribution in [2.75, 3.05) is 10.6 Å². The first-order valence-corrected chi connectivity index (χ1v) is 19.8. The van der Waals surface area contributed by atoms with Gasteiger partial charge >= 0.3 is 0 Å². The molecule has 0 aliphatic rings. The molecule has 6 rings (SSSR count). The second-order valence-electron chi connectivity index (χ2n) is 12.9. The summed E-state index contributed by atoms with van der Waals surface area (Å²) >= 11 is 11.6. The summed E-state index contributed by atoms with van der Waals surface area (Å²) in [5.41, 5.74) is 1.13. The van der Waals surface area contributed by atoms with Crippen molar-refractivity contribution in [2.45, 2.75) is 47.0 Å². The molecule has 268 valence electrons. The van der Waals surface area contributed by atoms with Gasteiger partial charge in [-0.3, -0.25) is 9.59 Å². The molecule has 2 amide bonds. The van der Waals surface area contributed by atoms with Gasteiger partial charge in [0.05, 0.1) is 9.79 Å². The smallest absolute Gasteiger partial charge is 0.245 e. The number of halogens is 2. The van der Waals surface area contributed by atoms with Crippen LogP contribution in [0.1, 0.15) is 27.7 Å². The molecule has 0 radical (unpaired) electrons. The van der Waals surface area contributed by atoms with Gasteiger partial charge in [0, 0.05) is 26.8 Å². The van der Waals surface area contributed by atoms with Gasteiger partial charge < -0.3 is 10.6 Å². The number of rotatable bonds is 8. The van der Waals surface area contributed by atoms with E-state index in [1.807, 2.05) is 72.8 Å². The Bertz CT molecular complexity index is 2490. The molecule has 0 atom stereocenters. The van der Waals surface area contributed by atoms with Crippen molar-refractivity contribution < 1.29 is 26.4 Å². The number of carbonyl (C=O) groups is 2. The number of carbonyl (C=O) groups excluding carboxylic acids is 2. The van der Waals surface area contributed by atoms with Crippen LogP contribution < -0.4 is 10.6 Å². The third-order valence-electron chi connectivity index (χ3n) is 8.73. The maximum atomic E-state index is 13.0. The van der Waals surface area contributed by atoms with Gasteiger partial charge in [-0.15, -0.1) is 0 Å². The molecular weight excluding hydrogens is 739 g/mol. The van der Waals surface area contributed by atoms with Crippen LogP contribution in [0, 0.1) is 0 Å². The molecule has 2 N–H and O–H groups in total. The zero-order chi connectivity index (χ0) is 37.9. The zero-order valence-corrected chi connectivity index (χ0v) is 31.9. The lowest BCUT2D eigenvalue weighted by Crippen LogP contribution is -2.44. The molecule has 6 aromatic carbocycles. The van der Waals surface area contributed by atoms with E-state index in [2.05, 4.69) is 10.6 Å². The van der Waals surface area contributed by atoms with E-state index in [1.165, 1.54) is 76.2 Å². The summed E-state index contributed by atoms with van der Waals surface area (Å²) in [7, 11) is -7.79. The lowest BCUT2D eigenvalue weighted by atomic mass is 10.1. The third-order valence-corrected chi connectivity index (χ3v) is 14.1. The minimum atomic E-state index is -3.90. The van der Waals surface area contributed by atoms with Gasteiger partial charge in [0.1, 0.15) is 9.49 Å². The number of nitrogens with one attached hydrogen (secondary N) is 2. The summed E-state index contributed by atoms with van der Waals surface area (Å²) in [6.07, 6.45) is 0. The van der Waals surface area contributed by atoms with Crippen molar-refractivity contribution in [3.8, 4) is 0 Å². The number of hydrogen-bond donors (Lipinski definition) is 2. The highest BCUT2D eigenvalue weighted by Gasteiger charge is 2.44. The van der Waals surface area contributed by atoms with Crippen molar-refractivity contribution >= 4 is 87.6 Å². The number of sulfone groups is 2. The Morgan fingerprint density at radius 3 is 1.48 bits per heavy atom. The number of amides is 2. The second kappa shape index (κ2) is 15.1. The predicted octanol–water partition coefficient (Wildman–Crippen LogP) is 9.37. The van der Waals surface area contributed by atoms with Crippen LogP contribution in [0.25, 0.3) is 21.5 Å². The van der Waals surface area contributed by atoms with Crippen LogP contribution in [0.3, 0.4) is 0 Å². The Morgan fingerprint density at radius 2 is 0.942 bits per heavy atom. The molecule has 0 heterocycles. The van der Waals surface area contributed by atoms with Crippen molar-refractivity contribution in [1.82, 2.24) is 0 Å². The average Bonchev–Trinajstić information content (AvgIpc) is 3.12. The Kier molecular flexibility index (Phi) is 11.2. The lowest BCUT2D eigenvalue weighted by molar-refractivity contribution is -0.118. The Labute approximate surface area is 313 Å². The quantitative estimate of drug-likeness (QED) is 0.159. The van der Waals surface area contributed by atoms with Gasteiger partial charge in [-0.05, 0) is 111 Å². The second-order valence-corrected chi connectivity index (χ2v) is 18.8. The van der Waals surface area contributed by atoms with Gasteiger partial charge in [-0.1, -0.05) is 89.9 Å². The van der Waals surface area contributed by atoms with Crippen molar-refractivity contribution in [3.63, 3.8) is 0 Å². The number of anilines is 2. The van der Waals surface area contributed by atoms with E-state index in [4.69, 9.17) is 23.2 Å². The van der Waals surface area contributed by atoms with Crippen LogP contribution in [0.2, 0.25) is 10.0 Å². The van der Waals surface area contributed by atoms with E-state index >= 15 is 0 Å². The Morgan fingerprint density at radius 1 is 0.500 bits per heavy atom. The van der Waals surface area contributed by atoms with E-state index in [1.54, 1.807) is 12.1 Å². The molecule has 0 saturated heterocycles. The summed E-state index contributed by atoms with van der Waals surface area (Å²) in [6, 6.07) is 37.9. The first kappa shape index (κ1) is 38.5. The standard InChI is InChI=1S/2C20H18ClNO3S/c1-20(2,26(24,25)16-12-10-15(21)11-13-16)19(23)22-18-9-5-7-14-6-3-4-8-17(14)18;1-20(2,26(24,25)18-11-8-16(21)9-12-18)19(23)22-17-10-7-14-5-3-4-6-15(14)13-17/h2*3-13H,1-2H3,(H,22,23). The molecule has 12 heteroatoms. The van der Waals surface area contributed by atoms with E-state index in [0.29, 0.717) is 21.4 Å². The number of benzene rings is 6. The molecule has 6 aromatic rings. The largest absolute Gasteiger partial charge is 0.325 e. The summed E-state index contributed by atoms with van der Waals surface area (Å²) in [5.74, 6) is -1.19. The molecule has 0 saturated carbocycles. The van der Waals surface area contributed by atoms with Gasteiger partial charge in [0.15, 0.2) is 19.7 Å². The molecule has 0 aliphatic carbocycles. The van der Waals surface area contributed by atoms with E-state index in [9.17, 15) is 26.4 Å². The van der Waals surface area contributed by atoms with Crippen molar-refractivity contribution in [3.05, 3.63) is 144 Å². The van der Waals surface area contributed by atoms with Crippen LogP contribution in [-0.2, 0) is 29.3 Å². The zero-order valence-electron chi connectivity index (χ0n) is 28.7. The summed E-state index contributed by atoms with van der Waals surface area (Å²) in [4.78, 5) is 25.7. The lowest BCUT2D eigenvalue weighted by Gasteiger charge is -2.24. The fourth-order valence-corrected chi connectivity index (χ4v) is 8.23. The third kappa shape index (κ3) is 7.85. The fraction of sp³-hybridized carbons (Fsp3) is 0.150. The van der Waals surface area contributed by atoms with E-state index < -0.39 is 41.0 Å². The molecule has 8 nitrogen and oxygen atoms in total. The summed E-state index contributed by atoms with van der Waals surface area (Å²) < 4.78 is 48.4. The topological polar surface area (TPSA) is 126 Å². The van der Waals surface area contributed by atoms with Crippen LogP contribution in [0.4, 0.5) is 11.4 Å². The fourth-order valence-electron chi connectivity index (χ4n) is 5.22. The van der Waals surface area contributed by atoms with Gasteiger partial charge in [0.25, 0.3) is 0 Å². The van der Waals surface area contributed by atoms with Gasteiger partial charge in [-0.2, -0.15) is 0 Å². The molecule has 0 bridgehead atoms. The molecule has 0 unspecified atom stereocenters. The Balaban J connectivity index is 0.000000201. The number of hydrogen-bond acceptors (Lipinski definition) is 6. The molecular formula is C40H36Cl2N2O6S2. The highest BCUT2D eigenvalue weighted by Crippen LogP contribution is 2.31. The van der Waals surface area contributed by atoms with Crippen LogP contribution in [0.5, 0.6) is 0 Å². The molecule has 0 aliphatic heterocycles. The van der Waals surface area contributed by atoms with Crippen molar-refractivity contribution in [1.29, 1.82) is 0 Å². The Hall–Kier alpha value is -4.74. The SMILES string of the molecule is CC(C)(C(=O)Nc1ccc2ccccc2c1)S(=O)(=O)c1ccc(Cl)cc1.CC(C)(C(=O)Nc1cccc2ccccc12)S(=O)(=O)c1ccc(Cl)cc1. The minimum Gasteiger partial charge on any atom is -0.325 e. The van der Waals surface area contributed by atoms with Crippen LogP contribution in [-0.4, -0.2) is 38.1 Å². The highest BCUT2D eigenvalue weighted by molar-refractivity contribution is 7.94. The maximum absolute atomic E-state index is 13.0. The van der Waals surface area contributed by atoms with Gasteiger partial charge in [0.2, 0.25) is 11.8 Å². The maximum Gasteiger partial charge on any atom is 0.245 e. The molecule has 0 aromatic heterocycles. The minimum absolute atomic E-state index is 0.0555. The monoisotopic (exact) mass is 774 g/mol. The first-order valence-electron chi connectivity index (χ1n) is 16.0. The van der Waals surface area contributed by atoms with E-state index in [-0.39, 0.29) is 9.79 Å². The normalized spacial score (nSPS) is 12.1. The first-order chi connectivity index (χ1) is 24.4. The number of fused-ring (bicyclic) bond motifs is 2.